The van der Waals surface area contributed by atoms with E-state index in [0.29, 0.717) is 18.1 Å². The third-order valence-electron chi connectivity index (χ3n) is 5.58. The quantitative estimate of drug-likeness (QED) is 0.128. The van der Waals surface area contributed by atoms with Gasteiger partial charge in [-0.25, -0.2) is 4.79 Å². The van der Waals surface area contributed by atoms with Gasteiger partial charge in [0, 0.05) is 16.2 Å². The molecule has 2 aromatic carbocycles. The second-order valence-electron chi connectivity index (χ2n) is 8.46. The monoisotopic (exact) mass is 549 g/mol. The Morgan fingerprint density at radius 3 is 2.34 bits per heavy atom. The summed E-state index contributed by atoms with van der Waals surface area (Å²) in [6.07, 6.45) is 3.37. The molecule has 0 heterocycles. The van der Waals surface area contributed by atoms with Crippen LogP contribution in [0.3, 0.4) is 0 Å². The Balaban J connectivity index is 1.97. The van der Waals surface area contributed by atoms with Crippen LogP contribution in [0.4, 0.5) is 0 Å². The van der Waals surface area contributed by atoms with Crippen molar-refractivity contribution >= 4 is 28.6 Å². The van der Waals surface area contributed by atoms with E-state index < -0.39 is 5.97 Å². The maximum atomic E-state index is 11.6. The van der Waals surface area contributed by atoms with Crippen molar-refractivity contribution in [2.75, 3.05) is 26.9 Å². The summed E-state index contributed by atoms with van der Waals surface area (Å²) in [6.45, 7) is 10.9. The van der Waals surface area contributed by atoms with E-state index in [1.54, 1.807) is 0 Å². The molecule has 0 saturated heterocycles. The molecule has 0 aromatic heterocycles. The van der Waals surface area contributed by atoms with E-state index in [2.05, 4.69) is 103 Å². The number of ether oxygens (including phenoxy) is 2. The summed E-state index contributed by atoms with van der Waals surface area (Å²) in [6, 6.07) is 19.6. The summed E-state index contributed by atoms with van der Waals surface area (Å²) in [5, 5.41) is 0. The first-order valence-corrected chi connectivity index (χ1v) is 12.3. The number of esters is 1. The molecular formula is C27H36INO3. The highest BCUT2D eigenvalue weighted by Gasteiger charge is 2.23. The number of carbonyl (C=O) groups is 1. The van der Waals surface area contributed by atoms with Crippen LogP contribution in [0, 0.1) is 9.49 Å². The van der Waals surface area contributed by atoms with Gasteiger partial charge in [-0.05, 0) is 77.6 Å². The minimum atomic E-state index is -0.414. The number of carbonyl (C=O) groups excluding carboxylic acids is 1. The molecule has 0 fully saturated rings. The smallest absolute Gasteiger partial charge is 0.335 e. The fourth-order valence-corrected chi connectivity index (χ4v) is 4.06. The number of unbranched alkanes of at least 4 members (excludes halogenated alkanes) is 1. The topological polar surface area (TPSA) is 38.8 Å². The SMILES string of the molecule is C=C(COC[C@H](C(C)C)N(CCCCc1ccc(I)cc1)Cc1ccccc1)C(=O)OC. The lowest BCUT2D eigenvalue weighted by Gasteiger charge is -2.34. The predicted octanol–water partition coefficient (Wildman–Crippen LogP) is 5.89. The fraction of sp³-hybridized carbons (Fsp3) is 0.444. The second-order valence-corrected chi connectivity index (χ2v) is 9.71. The van der Waals surface area contributed by atoms with E-state index in [1.165, 1.54) is 21.8 Å². The Kier molecular flexibility index (Phi) is 12.0. The molecule has 1 atom stereocenters. The Hall–Kier alpha value is -1.70. The van der Waals surface area contributed by atoms with Gasteiger partial charge in [-0.15, -0.1) is 0 Å². The number of hydrogen-bond donors (Lipinski definition) is 0. The first-order chi connectivity index (χ1) is 15.4. The van der Waals surface area contributed by atoms with Crippen LogP contribution in [0.1, 0.15) is 37.8 Å². The van der Waals surface area contributed by atoms with Crippen LogP contribution < -0.4 is 0 Å². The molecule has 0 radical (unpaired) electrons. The first kappa shape index (κ1) is 26.6. The lowest BCUT2D eigenvalue weighted by molar-refractivity contribution is -0.136. The van der Waals surface area contributed by atoms with E-state index in [9.17, 15) is 4.79 Å². The minimum absolute atomic E-state index is 0.196. The summed E-state index contributed by atoms with van der Waals surface area (Å²) in [7, 11) is 1.36. The largest absolute Gasteiger partial charge is 0.466 e. The molecule has 0 N–H and O–H groups in total. The number of halogens is 1. The van der Waals surface area contributed by atoms with Crippen LogP contribution in [0.5, 0.6) is 0 Å². The number of benzene rings is 2. The van der Waals surface area contributed by atoms with Crippen molar-refractivity contribution in [1.29, 1.82) is 0 Å². The maximum Gasteiger partial charge on any atom is 0.335 e. The molecule has 32 heavy (non-hydrogen) atoms. The molecule has 0 spiro atoms. The molecule has 0 amide bonds. The highest BCUT2D eigenvalue weighted by Crippen LogP contribution is 2.18. The average Bonchev–Trinajstić information content (AvgIpc) is 2.79. The summed E-state index contributed by atoms with van der Waals surface area (Å²) in [5.74, 6) is 0.00383. The van der Waals surface area contributed by atoms with Gasteiger partial charge in [0.15, 0.2) is 0 Å². The Morgan fingerprint density at radius 2 is 1.72 bits per heavy atom. The van der Waals surface area contributed by atoms with Crippen LogP contribution in [0.25, 0.3) is 0 Å². The van der Waals surface area contributed by atoms with Crippen LogP contribution in [0.2, 0.25) is 0 Å². The van der Waals surface area contributed by atoms with Gasteiger partial charge in [-0.2, -0.15) is 0 Å². The fourth-order valence-electron chi connectivity index (χ4n) is 3.70. The molecule has 0 aliphatic rings. The first-order valence-electron chi connectivity index (χ1n) is 11.3. The molecule has 0 bridgehead atoms. The molecule has 174 valence electrons. The third-order valence-corrected chi connectivity index (χ3v) is 6.30. The number of rotatable bonds is 14. The number of aryl methyl sites for hydroxylation is 1. The standard InChI is InChI=1S/C27H36INO3/c1-21(2)26(20-32-19-22(3)27(30)31-4)29(18-24-11-6-5-7-12-24)17-9-8-10-23-13-15-25(28)16-14-23/h5-7,11-16,21,26H,3,8-10,17-20H2,1-2,4H3/t26-/m1/s1. The summed E-state index contributed by atoms with van der Waals surface area (Å²) < 4.78 is 11.9. The number of methoxy groups -OCH3 is 1. The maximum absolute atomic E-state index is 11.6. The van der Waals surface area contributed by atoms with Gasteiger partial charge in [-0.3, -0.25) is 4.90 Å². The molecule has 0 saturated carbocycles. The molecule has 5 heteroatoms. The summed E-state index contributed by atoms with van der Waals surface area (Å²) in [5.41, 5.74) is 3.04. The van der Waals surface area contributed by atoms with Gasteiger partial charge < -0.3 is 9.47 Å². The molecule has 0 unspecified atom stereocenters. The number of nitrogens with zero attached hydrogens (tertiary/aromatic N) is 1. The van der Waals surface area contributed by atoms with Gasteiger partial charge in [0.2, 0.25) is 0 Å². The van der Waals surface area contributed by atoms with Crippen LogP contribution in [-0.4, -0.2) is 43.8 Å². The van der Waals surface area contributed by atoms with Crippen molar-refractivity contribution in [1.82, 2.24) is 4.90 Å². The molecule has 0 aliphatic heterocycles. The van der Waals surface area contributed by atoms with Crippen LogP contribution in [0.15, 0.2) is 66.7 Å². The zero-order chi connectivity index (χ0) is 23.3. The normalized spacial score (nSPS) is 12.2. The summed E-state index contributed by atoms with van der Waals surface area (Å²) >= 11 is 2.34. The molecule has 0 aliphatic carbocycles. The molecule has 4 nitrogen and oxygen atoms in total. The van der Waals surface area contributed by atoms with Crippen molar-refractivity contribution in [3.8, 4) is 0 Å². The van der Waals surface area contributed by atoms with E-state index in [4.69, 9.17) is 9.47 Å². The zero-order valence-corrected chi connectivity index (χ0v) is 21.7. The Labute approximate surface area is 207 Å². The van der Waals surface area contributed by atoms with Crippen LogP contribution >= 0.6 is 22.6 Å². The predicted molar refractivity (Wildman–Crippen MR) is 140 cm³/mol. The lowest BCUT2D eigenvalue weighted by atomic mass is 10.0. The number of hydrogen-bond acceptors (Lipinski definition) is 4. The molecule has 2 aromatic rings. The highest BCUT2D eigenvalue weighted by atomic mass is 127. The average molecular weight is 549 g/mol. The Morgan fingerprint density at radius 1 is 1.03 bits per heavy atom. The van der Waals surface area contributed by atoms with Gasteiger partial charge in [0.25, 0.3) is 0 Å². The van der Waals surface area contributed by atoms with Crippen molar-refractivity contribution in [2.24, 2.45) is 5.92 Å². The van der Waals surface area contributed by atoms with Gasteiger partial charge in [-0.1, -0.05) is 62.9 Å². The minimum Gasteiger partial charge on any atom is -0.466 e. The van der Waals surface area contributed by atoms with E-state index in [-0.39, 0.29) is 12.6 Å². The van der Waals surface area contributed by atoms with Crippen molar-refractivity contribution in [2.45, 2.75) is 45.7 Å². The zero-order valence-electron chi connectivity index (χ0n) is 19.6. The van der Waals surface area contributed by atoms with Crippen molar-refractivity contribution in [3.05, 3.63) is 81.4 Å². The van der Waals surface area contributed by atoms with Crippen molar-refractivity contribution < 1.29 is 14.3 Å². The van der Waals surface area contributed by atoms with Gasteiger partial charge >= 0.3 is 5.97 Å². The molecule has 2 rings (SSSR count). The van der Waals surface area contributed by atoms with Gasteiger partial charge in [0.05, 0.1) is 25.9 Å². The van der Waals surface area contributed by atoms with E-state index in [0.717, 1.165) is 32.4 Å². The van der Waals surface area contributed by atoms with Crippen LogP contribution in [-0.2, 0) is 27.2 Å². The molecular weight excluding hydrogens is 513 g/mol. The van der Waals surface area contributed by atoms with Gasteiger partial charge in [0.1, 0.15) is 0 Å². The second kappa shape index (κ2) is 14.4. The van der Waals surface area contributed by atoms with E-state index >= 15 is 0 Å². The lowest BCUT2D eigenvalue weighted by Crippen LogP contribution is -2.42. The van der Waals surface area contributed by atoms with Crippen molar-refractivity contribution in [3.63, 3.8) is 0 Å². The van der Waals surface area contributed by atoms with E-state index in [1.807, 2.05) is 0 Å². The third kappa shape index (κ3) is 9.43. The Bertz CT molecular complexity index is 821. The highest BCUT2D eigenvalue weighted by molar-refractivity contribution is 14.1. The summed E-state index contributed by atoms with van der Waals surface area (Å²) in [4.78, 5) is 14.1.